The van der Waals surface area contributed by atoms with Crippen LogP contribution in [-0.2, 0) is 44.3 Å². The molecule has 3 aromatic rings. The molecule has 0 radical (unpaired) electrons. The molecule has 1 amide bonds. The Kier molecular flexibility index (Phi) is 6.47. The van der Waals surface area contributed by atoms with E-state index < -0.39 is 16.6 Å². The van der Waals surface area contributed by atoms with Crippen LogP contribution in [0.25, 0.3) is 22.2 Å². The Bertz CT molecular complexity index is 1360. The number of nitrogens with zero attached hydrogens (tertiary/aromatic N) is 4. The zero-order valence-corrected chi connectivity index (χ0v) is 21.9. The highest BCUT2D eigenvalue weighted by Gasteiger charge is 2.44. The normalized spacial score (nSPS) is 22.6. The number of hydrogen-bond donors (Lipinski definition) is 1. The van der Waals surface area contributed by atoms with Gasteiger partial charge in [0.1, 0.15) is 17.2 Å². The minimum Gasteiger partial charge on any atom is -0.493 e. The van der Waals surface area contributed by atoms with E-state index in [0.29, 0.717) is 50.3 Å². The van der Waals surface area contributed by atoms with Gasteiger partial charge in [0.15, 0.2) is 0 Å². The standard InChI is InChI=1S/C26H31N5O5S/c1-3-37(33)31-11-17(12-31)14-35-23-9-21(29-25-18(23)4-6-36-26(25)5-7-34-15-26)20-13-30(2)22-10-27-24(28-16-32)8-19(20)22/h8-10,13,16-17H,3-7,11-12,14-15H2,1-2H3,(H,27,28,32). The molecule has 6 rings (SSSR count). The van der Waals surface area contributed by atoms with Crippen LogP contribution in [0, 0.1) is 5.92 Å². The van der Waals surface area contributed by atoms with Crippen LogP contribution in [0.4, 0.5) is 5.82 Å². The largest absolute Gasteiger partial charge is 0.493 e. The Balaban J connectivity index is 1.40. The number of anilines is 1. The molecule has 6 heterocycles. The number of aryl methyl sites for hydroxylation is 1. The molecular formula is C26H31N5O5S. The molecule has 0 aromatic carbocycles. The minimum atomic E-state index is -0.902. The monoisotopic (exact) mass is 525 g/mol. The Morgan fingerprint density at radius 1 is 1.32 bits per heavy atom. The summed E-state index contributed by atoms with van der Waals surface area (Å²) >= 11 is 0. The van der Waals surface area contributed by atoms with Crippen LogP contribution in [0.2, 0.25) is 0 Å². The highest BCUT2D eigenvalue weighted by molar-refractivity contribution is 7.82. The summed E-state index contributed by atoms with van der Waals surface area (Å²) in [6, 6.07) is 3.89. The predicted molar refractivity (Wildman–Crippen MR) is 140 cm³/mol. The van der Waals surface area contributed by atoms with Crippen molar-refractivity contribution < 1.29 is 23.2 Å². The van der Waals surface area contributed by atoms with E-state index in [1.807, 2.05) is 41.2 Å². The Hall–Kier alpha value is -2.86. The smallest absolute Gasteiger partial charge is 0.212 e. The number of ether oxygens (including phenoxy) is 3. The van der Waals surface area contributed by atoms with Crippen LogP contribution >= 0.6 is 0 Å². The van der Waals surface area contributed by atoms with Gasteiger partial charge in [0.25, 0.3) is 0 Å². The van der Waals surface area contributed by atoms with Gasteiger partial charge in [-0.25, -0.2) is 18.5 Å². The van der Waals surface area contributed by atoms with Crippen molar-refractivity contribution in [3.8, 4) is 17.0 Å². The highest BCUT2D eigenvalue weighted by atomic mass is 32.2. The summed E-state index contributed by atoms with van der Waals surface area (Å²) in [4.78, 5) is 20.5. The van der Waals surface area contributed by atoms with Gasteiger partial charge in [0, 0.05) is 80.0 Å². The molecule has 196 valence electrons. The number of carbonyl (C=O) groups is 1. The van der Waals surface area contributed by atoms with Crippen molar-refractivity contribution in [1.82, 2.24) is 18.8 Å². The van der Waals surface area contributed by atoms with Gasteiger partial charge in [-0.05, 0) is 6.07 Å². The molecule has 1 spiro atoms. The Morgan fingerprint density at radius 3 is 2.95 bits per heavy atom. The SMILES string of the molecule is CCS(=O)N1CC(COc2cc(-c3cn(C)c4cnc(NC=O)cc34)nc3c2CCOC32CCOC2)C1. The number of amides is 1. The van der Waals surface area contributed by atoms with Gasteiger partial charge < -0.3 is 24.1 Å². The van der Waals surface area contributed by atoms with Crippen molar-refractivity contribution in [1.29, 1.82) is 0 Å². The van der Waals surface area contributed by atoms with Crippen molar-refractivity contribution in [2.75, 3.05) is 50.6 Å². The number of rotatable bonds is 8. The number of pyridine rings is 2. The van der Waals surface area contributed by atoms with Crippen LogP contribution in [-0.4, -0.2) is 74.7 Å². The number of hydrogen-bond acceptors (Lipinski definition) is 7. The summed E-state index contributed by atoms with van der Waals surface area (Å²) in [5.41, 5.74) is 4.05. The van der Waals surface area contributed by atoms with Crippen LogP contribution in [0.15, 0.2) is 24.5 Å². The molecule has 3 aliphatic rings. The van der Waals surface area contributed by atoms with Crippen molar-refractivity contribution in [2.45, 2.75) is 25.4 Å². The lowest BCUT2D eigenvalue weighted by molar-refractivity contribution is -0.105. The zero-order valence-electron chi connectivity index (χ0n) is 21.1. The van der Waals surface area contributed by atoms with Gasteiger partial charge in [-0.15, -0.1) is 0 Å². The lowest BCUT2D eigenvalue weighted by atomic mass is 9.89. The van der Waals surface area contributed by atoms with E-state index in [1.165, 1.54) is 0 Å². The molecular weight excluding hydrogens is 494 g/mol. The maximum absolute atomic E-state index is 12.1. The van der Waals surface area contributed by atoms with Crippen LogP contribution in [0.1, 0.15) is 24.6 Å². The Labute approximate surface area is 217 Å². The van der Waals surface area contributed by atoms with Crippen molar-refractivity contribution in [3.05, 3.63) is 35.8 Å². The Morgan fingerprint density at radius 2 is 2.19 bits per heavy atom. The molecule has 0 bridgehead atoms. The third kappa shape index (κ3) is 4.33. The number of fused-ring (bicyclic) bond motifs is 3. The minimum absolute atomic E-state index is 0.340. The first kappa shape index (κ1) is 24.5. The summed E-state index contributed by atoms with van der Waals surface area (Å²) in [6.07, 6.45) is 5.88. The van der Waals surface area contributed by atoms with Gasteiger partial charge in [0.2, 0.25) is 6.41 Å². The third-order valence-electron chi connectivity index (χ3n) is 7.52. The molecule has 2 atom stereocenters. The fourth-order valence-electron chi connectivity index (χ4n) is 5.50. The topological polar surface area (TPSA) is 108 Å². The van der Waals surface area contributed by atoms with Gasteiger partial charge in [-0.3, -0.25) is 4.79 Å². The molecule has 2 saturated heterocycles. The van der Waals surface area contributed by atoms with E-state index in [0.717, 1.165) is 65.1 Å². The van der Waals surface area contributed by atoms with Gasteiger partial charge in [-0.2, -0.15) is 0 Å². The lowest BCUT2D eigenvalue weighted by Gasteiger charge is -2.38. The molecule has 0 saturated carbocycles. The number of aromatic nitrogens is 3. The maximum Gasteiger partial charge on any atom is 0.212 e. The van der Waals surface area contributed by atoms with E-state index >= 15 is 0 Å². The quantitative estimate of drug-likeness (QED) is 0.450. The lowest BCUT2D eigenvalue weighted by Crippen LogP contribution is -2.50. The second kappa shape index (κ2) is 9.79. The zero-order chi connectivity index (χ0) is 25.6. The second-order valence-electron chi connectivity index (χ2n) is 9.86. The van der Waals surface area contributed by atoms with E-state index in [2.05, 4.69) is 10.3 Å². The number of carbonyl (C=O) groups excluding carboxylic acids is 1. The fourth-order valence-corrected chi connectivity index (χ4v) is 6.62. The van der Waals surface area contributed by atoms with E-state index in [1.54, 1.807) is 6.20 Å². The predicted octanol–water partition coefficient (Wildman–Crippen LogP) is 2.39. The summed E-state index contributed by atoms with van der Waals surface area (Å²) in [5.74, 6) is 2.28. The third-order valence-corrected chi connectivity index (χ3v) is 8.89. The van der Waals surface area contributed by atoms with Crippen LogP contribution < -0.4 is 10.1 Å². The van der Waals surface area contributed by atoms with E-state index in [-0.39, 0.29) is 0 Å². The highest BCUT2D eigenvalue weighted by Crippen LogP contribution is 2.44. The summed E-state index contributed by atoms with van der Waals surface area (Å²) in [5, 5.41) is 3.58. The molecule has 11 heteroatoms. The molecule has 3 aliphatic heterocycles. The van der Waals surface area contributed by atoms with Crippen molar-refractivity contribution in [2.24, 2.45) is 13.0 Å². The van der Waals surface area contributed by atoms with Crippen molar-refractivity contribution in [3.63, 3.8) is 0 Å². The summed E-state index contributed by atoms with van der Waals surface area (Å²) in [6.45, 7) is 5.77. The van der Waals surface area contributed by atoms with E-state index in [4.69, 9.17) is 19.2 Å². The molecule has 10 nitrogen and oxygen atoms in total. The van der Waals surface area contributed by atoms with Gasteiger partial charge in [0.05, 0.1) is 53.9 Å². The fraction of sp³-hybridized carbons (Fsp3) is 0.500. The van der Waals surface area contributed by atoms with Gasteiger partial charge >= 0.3 is 0 Å². The first-order chi connectivity index (χ1) is 18.0. The molecule has 37 heavy (non-hydrogen) atoms. The molecule has 2 fully saturated rings. The van der Waals surface area contributed by atoms with Crippen LogP contribution in [0.3, 0.4) is 0 Å². The summed E-state index contributed by atoms with van der Waals surface area (Å²) in [7, 11) is 1.06. The molecule has 0 aliphatic carbocycles. The molecule has 2 unspecified atom stereocenters. The van der Waals surface area contributed by atoms with E-state index in [9.17, 15) is 9.00 Å². The first-order valence-corrected chi connectivity index (χ1v) is 14.0. The average molecular weight is 526 g/mol. The van der Waals surface area contributed by atoms with Crippen molar-refractivity contribution >= 4 is 34.1 Å². The average Bonchev–Trinajstić information content (AvgIpc) is 3.48. The summed E-state index contributed by atoms with van der Waals surface area (Å²) < 4.78 is 34.6. The number of nitrogens with one attached hydrogen (secondary N) is 1. The first-order valence-electron chi connectivity index (χ1n) is 12.7. The molecule has 1 N–H and O–H groups in total. The second-order valence-corrected chi connectivity index (χ2v) is 11.6. The van der Waals surface area contributed by atoms with Gasteiger partial charge in [-0.1, -0.05) is 6.92 Å². The van der Waals surface area contributed by atoms with Crippen LogP contribution in [0.5, 0.6) is 5.75 Å². The maximum atomic E-state index is 12.1. The molecule has 3 aromatic heterocycles.